The summed E-state index contributed by atoms with van der Waals surface area (Å²) in [6.45, 7) is 5.00. The van der Waals surface area contributed by atoms with Gasteiger partial charge in [0.25, 0.3) is 0 Å². The molecule has 0 aliphatic carbocycles. The lowest BCUT2D eigenvalue weighted by Gasteiger charge is -2.23. The molecule has 0 saturated heterocycles. The molecule has 0 radical (unpaired) electrons. The molecule has 1 aromatic heterocycles. The summed E-state index contributed by atoms with van der Waals surface area (Å²) in [4.78, 5) is 1.48. The molecule has 4 rings (SSSR count). The molecule has 0 bridgehead atoms. The van der Waals surface area contributed by atoms with E-state index in [2.05, 4.69) is 60.6 Å². The molecule has 0 amide bonds. The smallest absolute Gasteiger partial charge is 0.207 e. The number of nitrogens with one attached hydrogen (secondary N) is 1. The topological polar surface area (TPSA) is 27.2 Å². The second-order valence-corrected chi connectivity index (χ2v) is 7.14. The van der Waals surface area contributed by atoms with Crippen LogP contribution in [-0.4, -0.2) is 27.4 Å². The van der Waals surface area contributed by atoms with E-state index >= 15 is 0 Å². The lowest BCUT2D eigenvalue weighted by Crippen LogP contribution is -3.11. The van der Waals surface area contributed by atoms with E-state index in [1.54, 1.807) is 0 Å². The quantitative estimate of drug-likeness (QED) is 0.722. The Kier molecular flexibility index (Phi) is 4.82. The predicted molar refractivity (Wildman–Crippen MR) is 107 cm³/mol. The highest BCUT2D eigenvalue weighted by molar-refractivity contribution is 7.71. The van der Waals surface area contributed by atoms with E-state index in [4.69, 9.17) is 12.2 Å². The van der Waals surface area contributed by atoms with Crippen LogP contribution >= 0.6 is 12.2 Å². The Bertz CT molecular complexity index is 985. The van der Waals surface area contributed by atoms with Crippen molar-refractivity contribution in [2.24, 2.45) is 0 Å². The van der Waals surface area contributed by atoms with Crippen molar-refractivity contribution in [3.8, 4) is 5.69 Å². The zero-order valence-electron chi connectivity index (χ0n) is 14.9. The number of para-hydroxylation sites is 1. The summed E-state index contributed by atoms with van der Waals surface area (Å²) in [5.74, 6) is 0. The summed E-state index contributed by atoms with van der Waals surface area (Å²) in [6.07, 6.45) is 5.28. The van der Waals surface area contributed by atoms with Gasteiger partial charge >= 0.3 is 0 Å². The normalized spacial score (nSPS) is 17.1. The second-order valence-electron chi connectivity index (χ2n) is 6.78. The number of hydrogen-bond donors (Lipinski definition) is 1. The third kappa shape index (κ3) is 3.41. The van der Waals surface area contributed by atoms with E-state index in [9.17, 15) is 0 Å². The highest BCUT2D eigenvalue weighted by Gasteiger charge is 2.17. The summed E-state index contributed by atoms with van der Waals surface area (Å²) in [7, 11) is 0. The van der Waals surface area contributed by atoms with Crippen LogP contribution in [0.15, 0.2) is 67.0 Å². The number of rotatable bonds is 4. The number of aromatic nitrogens is 3. The Hall–Kier alpha value is -2.50. The van der Waals surface area contributed by atoms with E-state index in [0.29, 0.717) is 0 Å². The average molecular weight is 364 g/mol. The first-order valence-corrected chi connectivity index (χ1v) is 9.41. The first-order valence-electron chi connectivity index (χ1n) is 9.01. The van der Waals surface area contributed by atoms with Crippen LogP contribution in [-0.2, 0) is 6.67 Å². The monoisotopic (exact) mass is 363 g/mol. The molecular weight excluding hydrogens is 340 g/mol. The Morgan fingerprint density at radius 2 is 1.85 bits per heavy atom. The number of aryl methyl sites for hydroxylation is 1. The van der Waals surface area contributed by atoms with Gasteiger partial charge in [-0.15, -0.1) is 0 Å². The van der Waals surface area contributed by atoms with Crippen molar-refractivity contribution >= 4 is 17.8 Å². The molecule has 132 valence electrons. The van der Waals surface area contributed by atoms with Crippen LogP contribution in [0.2, 0.25) is 0 Å². The molecule has 5 heteroatoms. The summed E-state index contributed by atoms with van der Waals surface area (Å²) in [5, 5.41) is 4.54. The number of quaternary nitrogens is 1. The molecule has 2 aromatic carbocycles. The maximum atomic E-state index is 5.67. The van der Waals surface area contributed by atoms with Gasteiger partial charge in [-0.3, -0.25) is 4.57 Å². The second kappa shape index (κ2) is 7.40. The summed E-state index contributed by atoms with van der Waals surface area (Å²) in [5.41, 5.74) is 5.09. The molecule has 1 unspecified atom stereocenters. The van der Waals surface area contributed by atoms with E-state index in [0.717, 1.165) is 36.6 Å². The summed E-state index contributed by atoms with van der Waals surface area (Å²) >= 11 is 5.67. The first-order chi connectivity index (χ1) is 12.7. The van der Waals surface area contributed by atoms with Crippen molar-refractivity contribution in [3.63, 3.8) is 0 Å². The van der Waals surface area contributed by atoms with Crippen LogP contribution in [0.25, 0.3) is 11.3 Å². The Morgan fingerprint density at radius 1 is 1.08 bits per heavy atom. The largest absolute Gasteiger partial charge is 0.313 e. The molecular formula is C21H23N4S+. The fraction of sp³-hybridized carbons (Fsp3) is 0.238. The minimum atomic E-state index is 0.754. The SMILES string of the molecule is Cc1ccccc1-n1cnn(C[NH+]2CC=C(c3ccccc3)CC2)c1=S. The standard InChI is InChI=1S/C21H22N4S/c1-17-7-5-6-10-20(17)24-15-22-25(21(24)26)16-23-13-11-19(12-14-23)18-8-3-2-4-9-18/h2-11,15H,12-14,16H2,1H3/p+1. The van der Waals surface area contributed by atoms with Crippen molar-refractivity contribution in [2.75, 3.05) is 13.1 Å². The minimum Gasteiger partial charge on any atom is -0.313 e. The molecule has 4 nitrogen and oxygen atoms in total. The molecule has 1 N–H and O–H groups in total. The van der Waals surface area contributed by atoms with Gasteiger partial charge in [-0.25, -0.2) is 0 Å². The molecule has 0 saturated carbocycles. The van der Waals surface area contributed by atoms with Crippen LogP contribution in [0.5, 0.6) is 0 Å². The molecule has 0 spiro atoms. The summed E-state index contributed by atoms with van der Waals surface area (Å²) in [6, 6.07) is 18.9. The number of hydrogen-bond acceptors (Lipinski definition) is 2. The Morgan fingerprint density at radius 3 is 2.58 bits per heavy atom. The van der Waals surface area contributed by atoms with Gasteiger partial charge in [0, 0.05) is 6.42 Å². The van der Waals surface area contributed by atoms with Crippen molar-refractivity contribution < 1.29 is 4.90 Å². The molecule has 1 atom stereocenters. The van der Waals surface area contributed by atoms with Gasteiger partial charge in [0.1, 0.15) is 6.33 Å². The van der Waals surface area contributed by atoms with Crippen molar-refractivity contribution in [3.05, 3.63) is 82.9 Å². The fourth-order valence-electron chi connectivity index (χ4n) is 3.50. The zero-order chi connectivity index (χ0) is 17.9. The Balaban J connectivity index is 1.49. The molecule has 0 fully saturated rings. The fourth-order valence-corrected chi connectivity index (χ4v) is 3.75. The highest BCUT2D eigenvalue weighted by atomic mass is 32.1. The zero-order valence-corrected chi connectivity index (χ0v) is 15.7. The van der Waals surface area contributed by atoms with E-state index < -0.39 is 0 Å². The average Bonchev–Trinajstić information content (AvgIpc) is 3.04. The third-order valence-electron chi connectivity index (χ3n) is 5.01. The van der Waals surface area contributed by atoms with Gasteiger partial charge in [-0.05, 0) is 48.0 Å². The summed E-state index contributed by atoms with van der Waals surface area (Å²) < 4.78 is 4.70. The maximum Gasteiger partial charge on any atom is 0.207 e. The molecule has 1 aliphatic heterocycles. The van der Waals surface area contributed by atoms with Gasteiger partial charge < -0.3 is 4.90 Å². The van der Waals surface area contributed by atoms with E-state index in [-0.39, 0.29) is 0 Å². The minimum absolute atomic E-state index is 0.754. The lowest BCUT2D eigenvalue weighted by molar-refractivity contribution is -0.918. The van der Waals surface area contributed by atoms with Crippen LogP contribution in [0.1, 0.15) is 17.5 Å². The molecule has 2 heterocycles. The van der Waals surface area contributed by atoms with Gasteiger partial charge in [0.15, 0.2) is 6.67 Å². The first kappa shape index (κ1) is 16.9. The van der Waals surface area contributed by atoms with Crippen LogP contribution in [0, 0.1) is 11.7 Å². The van der Waals surface area contributed by atoms with Crippen LogP contribution in [0.3, 0.4) is 0 Å². The predicted octanol–water partition coefficient (Wildman–Crippen LogP) is 3.04. The third-order valence-corrected chi connectivity index (χ3v) is 5.42. The maximum absolute atomic E-state index is 5.67. The van der Waals surface area contributed by atoms with Crippen molar-refractivity contribution in [2.45, 2.75) is 20.0 Å². The lowest BCUT2D eigenvalue weighted by atomic mass is 10.00. The molecule has 3 aromatic rings. The highest BCUT2D eigenvalue weighted by Crippen LogP contribution is 2.18. The Labute approximate surface area is 159 Å². The van der Waals surface area contributed by atoms with E-state index in [1.807, 2.05) is 27.7 Å². The van der Waals surface area contributed by atoms with Crippen molar-refractivity contribution in [1.82, 2.24) is 14.3 Å². The van der Waals surface area contributed by atoms with Gasteiger partial charge in [0.2, 0.25) is 4.77 Å². The van der Waals surface area contributed by atoms with E-state index in [1.165, 1.54) is 21.6 Å². The van der Waals surface area contributed by atoms with Gasteiger partial charge in [-0.2, -0.15) is 9.78 Å². The van der Waals surface area contributed by atoms with Crippen LogP contribution < -0.4 is 4.90 Å². The van der Waals surface area contributed by atoms with Crippen molar-refractivity contribution in [1.29, 1.82) is 0 Å². The van der Waals surface area contributed by atoms with Gasteiger partial charge in [0.05, 0.1) is 18.8 Å². The number of benzene rings is 2. The number of nitrogens with zero attached hydrogens (tertiary/aromatic N) is 3. The van der Waals surface area contributed by atoms with Crippen LogP contribution in [0.4, 0.5) is 0 Å². The molecule has 26 heavy (non-hydrogen) atoms. The molecule has 1 aliphatic rings. The van der Waals surface area contributed by atoms with Gasteiger partial charge in [-0.1, -0.05) is 48.5 Å².